The highest BCUT2D eigenvalue weighted by molar-refractivity contribution is 5.84. The molecule has 1 amide bonds. The highest BCUT2D eigenvalue weighted by atomic mass is 19.4. The van der Waals surface area contributed by atoms with Crippen molar-refractivity contribution in [2.24, 2.45) is 11.7 Å². The van der Waals surface area contributed by atoms with E-state index in [2.05, 4.69) is 5.32 Å². The lowest BCUT2D eigenvalue weighted by atomic mass is 9.84. The monoisotopic (exact) mass is 240 g/mol. The Balaban J connectivity index is 2.68. The van der Waals surface area contributed by atoms with Crippen molar-refractivity contribution in [1.82, 2.24) is 5.32 Å². The summed E-state index contributed by atoms with van der Waals surface area (Å²) >= 11 is 0. The Bertz CT molecular complexity index is 264. The quantitative estimate of drug-likeness (QED) is 0.748. The van der Waals surface area contributed by atoms with Gasteiger partial charge >= 0.3 is 6.18 Å². The van der Waals surface area contributed by atoms with Gasteiger partial charge in [0.05, 0.1) is 13.2 Å². The van der Waals surface area contributed by atoms with E-state index in [1.807, 2.05) is 0 Å². The van der Waals surface area contributed by atoms with Crippen LogP contribution in [-0.2, 0) is 9.53 Å². The Morgan fingerprint density at radius 2 is 2.19 bits per heavy atom. The van der Waals surface area contributed by atoms with Crippen molar-refractivity contribution in [2.75, 3.05) is 19.8 Å². The highest BCUT2D eigenvalue weighted by Crippen LogP contribution is 2.27. The van der Waals surface area contributed by atoms with Crippen molar-refractivity contribution in [2.45, 2.75) is 25.1 Å². The Morgan fingerprint density at radius 3 is 2.56 bits per heavy atom. The predicted octanol–water partition coefficient (Wildman–Crippen LogP) is 0.419. The summed E-state index contributed by atoms with van der Waals surface area (Å²) in [4.78, 5) is 11.3. The van der Waals surface area contributed by atoms with Gasteiger partial charge in [-0.15, -0.1) is 0 Å². The normalized spacial score (nSPS) is 25.4. The second-order valence-corrected chi connectivity index (χ2v) is 4.10. The fourth-order valence-electron chi connectivity index (χ4n) is 1.71. The van der Waals surface area contributed by atoms with Gasteiger partial charge in [-0.2, -0.15) is 13.2 Å². The molecule has 1 aliphatic rings. The summed E-state index contributed by atoms with van der Waals surface area (Å²) < 4.78 is 41.3. The number of amides is 1. The minimum Gasteiger partial charge on any atom is -0.381 e. The molecule has 0 spiro atoms. The van der Waals surface area contributed by atoms with Crippen LogP contribution < -0.4 is 11.1 Å². The van der Waals surface area contributed by atoms with Crippen LogP contribution in [0.2, 0.25) is 0 Å². The number of rotatable bonds is 4. The van der Waals surface area contributed by atoms with Gasteiger partial charge in [0.15, 0.2) is 0 Å². The Kier molecular flexibility index (Phi) is 3.80. The zero-order valence-corrected chi connectivity index (χ0v) is 8.93. The Morgan fingerprint density at radius 1 is 1.56 bits per heavy atom. The van der Waals surface area contributed by atoms with Crippen LogP contribution in [-0.4, -0.2) is 37.4 Å². The van der Waals surface area contributed by atoms with Gasteiger partial charge in [0.2, 0.25) is 5.91 Å². The predicted molar refractivity (Wildman–Crippen MR) is 50.6 cm³/mol. The van der Waals surface area contributed by atoms with Crippen LogP contribution in [0.4, 0.5) is 13.2 Å². The van der Waals surface area contributed by atoms with Crippen LogP contribution in [0.5, 0.6) is 0 Å². The van der Waals surface area contributed by atoms with E-state index in [9.17, 15) is 18.0 Å². The average Bonchev–Trinajstić information content (AvgIpc) is 2.65. The molecule has 1 fully saturated rings. The Hall–Kier alpha value is -0.820. The van der Waals surface area contributed by atoms with E-state index in [1.54, 1.807) is 0 Å². The van der Waals surface area contributed by atoms with Gasteiger partial charge in [0.1, 0.15) is 5.54 Å². The van der Waals surface area contributed by atoms with Gasteiger partial charge in [-0.3, -0.25) is 10.1 Å². The van der Waals surface area contributed by atoms with Gasteiger partial charge in [0, 0.05) is 12.5 Å². The van der Waals surface area contributed by atoms with E-state index in [0.29, 0.717) is 13.0 Å². The maximum atomic E-state index is 12.1. The molecule has 0 saturated carbocycles. The van der Waals surface area contributed by atoms with Gasteiger partial charge in [-0.05, 0) is 13.3 Å². The molecule has 7 heteroatoms. The fraction of sp³-hybridized carbons (Fsp3) is 0.889. The second kappa shape index (κ2) is 4.58. The molecule has 0 bridgehead atoms. The largest absolute Gasteiger partial charge is 0.401 e. The molecule has 0 aromatic rings. The third-order valence-electron chi connectivity index (χ3n) is 2.91. The SMILES string of the molecule is CC(NCC(F)(F)F)(C(N)=O)C1CCOC1. The van der Waals surface area contributed by atoms with E-state index in [4.69, 9.17) is 10.5 Å². The van der Waals surface area contributed by atoms with Gasteiger partial charge in [-0.1, -0.05) is 0 Å². The molecule has 0 radical (unpaired) electrons. The first-order valence-corrected chi connectivity index (χ1v) is 4.95. The summed E-state index contributed by atoms with van der Waals surface area (Å²) in [5, 5.41) is 2.20. The maximum absolute atomic E-state index is 12.1. The highest BCUT2D eigenvalue weighted by Gasteiger charge is 2.43. The van der Waals surface area contributed by atoms with Crippen molar-refractivity contribution in [3.05, 3.63) is 0 Å². The summed E-state index contributed by atoms with van der Waals surface area (Å²) in [6, 6.07) is 0. The molecule has 4 nitrogen and oxygen atoms in total. The van der Waals surface area contributed by atoms with Crippen LogP contribution in [0.15, 0.2) is 0 Å². The smallest absolute Gasteiger partial charge is 0.381 e. The van der Waals surface area contributed by atoms with Crippen LogP contribution in [0.3, 0.4) is 0 Å². The van der Waals surface area contributed by atoms with Gasteiger partial charge < -0.3 is 10.5 Å². The summed E-state index contributed by atoms with van der Waals surface area (Å²) in [6.07, 6.45) is -3.83. The third kappa shape index (κ3) is 3.08. The lowest BCUT2D eigenvalue weighted by Crippen LogP contribution is -2.60. The third-order valence-corrected chi connectivity index (χ3v) is 2.91. The van der Waals surface area contributed by atoms with E-state index in [-0.39, 0.29) is 12.5 Å². The van der Waals surface area contributed by atoms with Crippen molar-refractivity contribution >= 4 is 5.91 Å². The van der Waals surface area contributed by atoms with E-state index in [1.165, 1.54) is 6.92 Å². The zero-order chi connectivity index (χ0) is 12.4. The standard InChI is InChI=1S/C9H15F3N2O2/c1-8(7(13)15,6-2-3-16-4-6)14-5-9(10,11)12/h6,14H,2-5H2,1H3,(H2,13,15). The second-order valence-electron chi connectivity index (χ2n) is 4.10. The van der Waals surface area contributed by atoms with Crippen LogP contribution in [0.1, 0.15) is 13.3 Å². The van der Waals surface area contributed by atoms with Crippen LogP contribution in [0, 0.1) is 5.92 Å². The van der Waals surface area contributed by atoms with Crippen molar-refractivity contribution in [3.63, 3.8) is 0 Å². The molecule has 1 aliphatic heterocycles. The number of hydrogen-bond acceptors (Lipinski definition) is 3. The lowest BCUT2D eigenvalue weighted by molar-refractivity contribution is -0.138. The first-order chi connectivity index (χ1) is 7.26. The molecule has 0 aliphatic carbocycles. The molecule has 0 aromatic carbocycles. The van der Waals surface area contributed by atoms with Crippen LogP contribution >= 0.6 is 0 Å². The Labute approximate surface area is 91.3 Å². The van der Waals surface area contributed by atoms with Gasteiger partial charge in [-0.25, -0.2) is 0 Å². The number of carbonyl (C=O) groups is 1. The molecular weight excluding hydrogens is 225 g/mol. The number of ether oxygens (including phenoxy) is 1. The molecule has 0 aromatic heterocycles. The summed E-state index contributed by atoms with van der Waals surface area (Å²) in [5.41, 5.74) is 3.79. The number of nitrogens with two attached hydrogens (primary N) is 1. The molecule has 16 heavy (non-hydrogen) atoms. The number of alkyl halides is 3. The molecular formula is C9H15F3N2O2. The van der Waals surface area contributed by atoms with Crippen molar-refractivity contribution < 1.29 is 22.7 Å². The van der Waals surface area contributed by atoms with E-state index >= 15 is 0 Å². The molecule has 2 atom stereocenters. The molecule has 1 rings (SSSR count). The number of nitrogens with one attached hydrogen (secondary N) is 1. The zero-order valence-electron chi connectivity index (χ0n) is 8.93. The van der Waals surface area contributed by atoms with Crippen molar-refractivity contribution in [3.8, 4) is 0 Å². The summed E-state index contributed by atoms with van der Waals surface area (Å²) in [5.74, 6) is -1.10. The maximum Gasteiger partial charge on any atom is 0.401 e. The minimum atomic E-state index is -4.36. The summed E-state index contributed by atoms with van der Waals surface area (Å²) in [6.45, 7) is 0.856. The molecule has 2 unspecified atom stereocenters. The first-order valence-electron chi connectivity index (χ1n) is 4.95. The minimum absolute atomic E-state index is 0.254. The van der Waals surface area contributed by atoms with Gasteiger partial charge in [0.25, 0.3) is 0 Å². The van der Waals surface area contributed by atoms with E-state index < -0.39 is 24.2 Å². The lowest BCUT2D eigenvalue weighted by Gasteiger charge is -2.33. The number of primary amides is 1. The first kappa shape index (κ1) is 13.2. The summed E-state index contributed by atoms with van der Waals surface area (Å²) in [7, 11) is 0. The molecule has 3 N–H and O–H groups in total. The van der Waals surface area contributed by atoms with E-state index in [0.717, 1.165) is 0 Å². The van der Waals surface area contributed by atoms with Crippen LogP contribution in [0.25, 0.3) is 0 Å². The molecule has 1 heterocycles. The fourth-order valence-corrected chi connectivity index (χ4v) is 1.71. The average molecular weight is 240 g/mol. The van der Waals surface area contributed by atoms with Crippen molar-refractivity contribution in [1.29, 1.82) is 0 Å². The number of halogens is 3. The topological polar surface area (TPSA) is 64.3 Å². The molecule has 94 valence electrons. The number of hydrogen-bond donors (Lipinski definition) is 2. The number of carbonyl (C=O) groups excluding carboxylic acids is 1. The molecule has 1 saturated heterocycles.